The summed E-state index contributed by atoms with van der Waals surface area (Å²) in [6.45, 7) is 1.96. The van der Waals surface area contributed by atoms with Gasteiger partial charge in [0.1, 0.15) is 0 Å². The maximum atomic E-state index is 12.2. The summed E-state index contributed by atoms with van der Waals surface area (Å²) < 4.78 is 12.2. The van der Waals surface area contributed by atoms with Crippen LogP contribution in [0, 0.1) is 69.4 Å². The van der Waals surface area contributed by atoms with Crippen LogP contribution in [0.4, 0.5) is 0 Å². The predicted molar refractivity (Wildman–Crippen MR) is 88.7 cm³/mol. The molecule has 1 aromatic carbocycles. The fraction of sp³-hybridized carbons (Fsp3) is 0.0588. The first-order valence-corrected chi connectivity index (χ1v) is 8.01. The van der Waals surface area contributed by atoms with E-state index in [9.17, 15) is 4.21 Å². The summed E-state index contributed by atoms with van der Waals surface area (Å²) in [6, 6.07) is 7.33. The molecule has 2 fully saturated rings. The molecule has 118 valence electrons. The normalized spacial score (nSPS) is 19.6. The zero-order valence-corrected chi connectivity index (χ0v) is 14.5. The molecule has 1 aromatic rings. The fourth-order valence-electron chi connectivity index (χ4n) is 1.91. The third kappa shape index (κ3) is 6.35. The van der Waals surface area contributed by atoms with E-state index in [0.29, 0.717) is 16.0 Å². The second-order valence-electron chi connectivity index (χ2n) is 4.76. The molecule has 0 saturated heterocycles. The molecule has 0 bridgehead atoms. The van der Waals surface area contributed by atoms with Gasteiger partial charge in [0.2, 0.25) is 0 Å². The fourth-order valence-corrected chi connectivity index (χ4v) is 3.14. The van der Waals surface area contributed by atoms with E-state index < -0.39 is 17.9 Å². The van der Waals surface area contributed by atoms with E-state index >= 15 is 0 Å². The first-order chi connectivity index (χ1) is 10.6. The molecule has 2 aliphatic carbocycles. The Bertz CT molecular complexity index is 470. The number of hydrogen-bond donors (Lipinski definition) is 2. The molecule has 0 amide bonds. The van der Waals surface area contributed by atoms with E-state index in [1.807, 2.05) is 51.2 Å². The topological polar surface area (TPSA) is 57.5 Å². The summed E-state index contributed by atoms with van der Waals surface area (Å²) in [4.78, 5) is 0.656. The third-order valence-electron chi connectivity index (χ3n) is 3.08. The van der Waals surface area contributed by atoms with Crippen LogP contribution in [0.25, 0.3) is 0 Å². The Kier molecular flexibility index (Phi) is 9.71. The van der Waals surface area contributed by atoms with Crippen LogP contribution in [-0.4, -0.2) is 21.4 Å². The van der Waals surface area contributed by atoms with Crippen molar-refractivity contribution in [1.82, 2.24) is 0 Å². The smallest absolute Gasteiger partial charge is 0.427 e. The number of benzene rings is 1. The Morgan fingerprint density at radius 1 is 0.870 bits per heavy atom. The van der Waals surface area contributed by atoms with Crippen molar-refractivity contribution >= 4 is 17.9 Å². The van der Waals surface area contributed by atoms with Crippen LogP contribution in [0.2, 0.25) is 0 Å². The van der Waals surface area contributed by atoms with Crippen LogP contribution in [0.5, 0.6) is 0 Å². The minimum absolute atomic E-state index is 0. The SMILES string of the molecule is Cc1ccc([S@](=O)[C]2[CH][CH][CH][C]2B(O)O)cc1.[CH]1[CH][CH][CH][CH]1.[Fe+2]. The maximum Gasteiger partial charge on any atom is 2.00 e. The van der Waals surface area contributed by atoms with Gasteiger partial charge in [0.25, 0.3) is 0 Å². The van der Waals surface area contributed by atoms with Gasteiger partial charge in [-0.05, 0) is 70.4 Å². The first-order valence-electron chi connectivity index (χ1n) is 6.86. The van der Waals surface area contributed by atoms with Gasteiger partial charge in [-0.3, -0.25) is 4.21 Å². The van der Waals surface area contributed by atoms with Gasteiger partial charge >= 0.3 is 24.2 Å². The Labute approximate surface area is 153 Å². The summed E-state index contributed by atoms with van der Waals surface area (Å²) in [5.41, 5.74) is 1.09. The molecular weight excluding hydrogens is 351 g/mol. The van der Waals surface area contributed by atoms with E-state index in [1.165, 1.54) is 0 Å². The Morgan fingerprint density at radius 3 is 1.87 bits per heavy atom. The van der Waals surface area contributed by atoms with Crippen LogP contribution >= 0.6 is 0 Å². The van der Waals surface area contributed by atoms with Gasteiger partial charge in [-0.2, -0.15) is 0 Å². The minimum Gasteiger partial charge on any atom is -0.427 e. The van der Waals surface area contributed by atoms with E-state index in [4.69, 9.17) is 10.0 Å². The molecule has 2 aliphatic rings. The van der Waals surface area contributed by atoms with Gasteiger partial charge in [-0.15, -0.1) is 0 Å². The van der Waals surface area contributed by atoms with Crippen molar-refractivity contribution in [1.29, 1.82) is 0 Å². The molecular formula is C17H17BFeO3S+2. The maximum absolute atomic E-state index is 12.2. The van der Waals surface area contributed by atoms with Crippen molar-refractivity contribution in [2.24, 2.45) is 0 Å². The van der Waals surface area contributed by atoms with E-state index in [1.54, 1.807) is 31.4 Å². The van der Waals surface area contributed by atoms with Crippen LogP contribution in [-0.2, 0) is 27.9 Å². The molecule has 6 heteroatoms. The van der Waals surface area contributed by atoms with Crippen LogP contribution in [0.1, 0.15) is 5.56 Å². The van der Waals surface area contributed by atoms with Gasteiger partial charge in [-0.1, -0.05) is 17.7 Å². The Morgan fingerprint density at radius 2 is 1.39 bits per heavy atom. The molecule has 0 heterocycles. The molecule has 3 rings (SSSR count). The summed E-state index contributed by atoms with van der Waals surface area (Å²) in [5, 5.41) is 18.8. The largest absolute Gasteiger partial charge is 2.00 e. The van der Waals surface area contributed by atoms with Crippen LogP contribution in [0.3, 0.4) is 0 Å². The monoisotopic (exact) mass is 368 g/mol. The van der Waals surface area contributed by atoms with Crippen molar-refractivity contribution in [3.05, 3.63) is 92.3 Å². The van der Waals surface area contributed by atoms with Gasteiger partial charge in [0, 0.05) is 10.7 Å². The number of rotatable bonds is 3. The average molecular weight is 368 g/mol. The predicted octanol–water partition coefficient (Wildman–Crippen LogP) is 1.87. The van der Waals surface area contributed by atoms with E-state index in [2.05, 4.69) is 0 Å². The molecule has 0 aromatic heterocycles. The number of hydrogen-bond acceptors (Lipinski definition) is 3. The van der Waals surface area contributed by atoms with Crippen molar-refractivity contribution in [3.63, 3.8) is 0 Å². The van der Waals surface area contributed by atoms with Gasteiger partial charge in [0.15, 0.2) is 0 Å². The average Bonchev–Trinajstić information content (AvgIpc) is 3.21. The van der Waals surface area contributed by atoms with Crippen molar-refractivity contribution in [2.75, 3.05) is 0 Å². The second kappa shape index (κ2) is 10.7. The van der Waals surface area contributed by atoms with Crippen molar-refractivity contribution in [3.8, 4) is 0 Å². The summed E-state index contributed by atoms with van der Waals surface area (Å²) in [6.07, 6.45) is 14.9. The standard InChI is InChI=1S/C12H12BO3S.C5H5.Fe/c1-9-5-7-10(8-6-9)17(16)12-4-2-3-11(12)13(14)15;1-2-4-5-3-1;/h2-8,14-15H,1H3;1-5H;/q;;+2/t17-;;/m0../s1. The van der Waals surface area contributed by atoms with Crippen LogP contribution in [0.15, 0.2) is 29.2 Å². The molecule has 23 heavy (non-hydrogen) atoms. The summed E-state index contributed by atoms with van der Waals surface area (Å²) >= 11 is 0. The first kappa shape index (κ1) is 20.9. The zero-order chi connectivity index (χ0) is 15.9. The molecule has 0 unspecified atom stereocenters. The molecule has 3 nitrogen and oxygen atoms in total. The van der Waals surface area contributed by atoms with Gasteiger partial charge < -0.3 is 10.0 Å². The van der Waals surface area contributed by atoms with Crippen molar-refractivity contribution < 1.29 is 31.3 Å². The third-order valence-corrected chi connectivity index (χ3v) is 4.55. The molecule has 0 spiro atoms. The van der Waals surface area contributed by atoms with E-state index in [-0.39, 0.29) is 17.1 Å². The Hall–Kier alpha value is -0.126. The van der Waals surface area contributed by atoms with Crippen LogP contribution < -0.4 is 0 Å². The van der Waals surface area contributed by atoms with Crippen molar-refractivity contribution in [2.45, 2.75) is 11.8 Å². The molecule has 1 atom stereocenters. The minimum atomic E-state index is -1.59. The molecule has 2 saturated carbocycles. The molecule has 0 aliphatic heterocycles. The molecule has 2 N–H and O–H groups in total. The number of aryl methyl sites for hydroxylation is 1. The van der Waals surface area contributed by atoms with Gasteiger partial charge in [0.05, 0.1) is 16.0 Å². The van der Waals surface area contributed by atoms with Gasteiger partial charge in [-0.25, -0.2) is 0 Å². The summed E-state index contributed by atoms with van der Waals surface area (Å²) in [5.74, 6) is 0.295. The zero-order valence-electron chi connectivity index (χ0n) is 12.6. The molecule has 10 radical (unpaired) electrons. The van der Waals surface area contributed by atoms with E-state index in [0.717, 1.165) is 5.56 Å². The quantitative estimate of drug-likeness (QED) is 0.802. The second-order valence-corrected chi connectivity index (χ2v) is 6.21. The summed E-state index contributed by atoms with van der Waals surface area (Å²) in [7, 11) is -2.96. The Balaban J connectivity index is 0.000000377.